The Bertz CT molecular complexity index is 1600. The highest BCUT2D eigenvalue weighted by Crippen LogP contribution is 2.24. The summed E-state index contributed by atoms with van der Waals surface area (Å²) in [6.07, 6.45) is -3.21. The van der Waals surface area contributed by atoms with E-state index in [1.807, 2.05) is 44.2 Å². The zero-order valence-electron chi connectivity index (χ0n) is 25.1. The van der Waals surface area contributed by atoms with Gasteiger partial charge in [-0.3, -0.25) is 14.5 Å². The molecule has 240 valence electrons. The van der Waals surface area contributed by atoms with Crippen LogP contribution in [0.3, 0.4) is 0 Å². The first kappa shape index (κ1) is 33.6. The number of ether oxygens (including phenoxy) is 1. The third kappa shape index (κ3) is 8.45. The Labute approximate surface area is 262 Å². The van der Waals surface area contributed by atoms with Crippen LogP contribution in [0.25, 0.3) is 0 Å². The number of carbonyl (C=O) groups is 3. The molecule has 0 radical (unpaired) electrons. The topological polar surface area (TPSA) is 180 Å². The normalized spacial score (nSPS) is 16.4. The smallest absolute Gasteiger partial charge is 0.415 e. The Morgan fingerprint density at radius 1 is 1.02 bits per heavy atom. The lowest BCUT2D eigenvalue weighted by Crippen LogP contribution is -2.53. The molecule has 1 aliphatic heterocycles. The average molecular weight is 639 g/mol. The first-order chi connectivity index (χ1) is 21.4. The van der Waals surface area contributed by atoms with Crippen molar-refractivity contribution < 1.29 is 37.8 Å². The second kappa shape index (κ2) is 14.7. The molecule has 45 heavy (non-hydrogen) atoms. The Morgan fingerprint density at radius 2 is 1.71 bits per heavy atom. The zero-order valence-corrected chi connectivity index (χ0v) is 25.9. The van der Waals surface area contributed by atoms with Gasteiger partial charge in [-0.25, -0.2) is 13.2 Å². The Balaban J connectivity index is 1.55. The van der Waals surface area contributed by atoms with Crippen molar-refractivity contribution in [2.45, 2.75) is 50.0 Å². The molecule has 1 saturated heterocycles. The summed E-state index contributed by atoms with van der Waals surface area (Å²) in [6.45, 7) is 3.10. The predicted molar refractivity (Wildman–Crippen MR) is 167 cm³/mol. The van der Waals surface area contributed by atoms with Crippen LogP contribution < -0.4 is 16.0 Å². The second-order valence-electron chi connectivity index (χ2n) is 11.3. The van der Waals surface area contributed by atoms with E-state index in [9.17, 15) is 33.0 Å². The van der Waals surface area contributed by atoms with Gasteiger partial charge in [0.15, 0.2) is 6.10 Å². The molecular weight excluding hydrogens is 600 g/mol. The van der Waals surface area contributed by atoms with Crippen molar-refractivity contribution in [2.24, 2.45) is 11.7 Å². The van der Waals surface area contributed by atoms with Crippen molar-refractivity contribution in [3.8, 4) is 0 Å². The lowest BCUT2D eigenvalue weighted by molar-refractivity contribution is -0.129. The van der Waals surface area contributed by atoms with E-state index in [0.717, 1.165) is 5.56 Å². The minimum Gasteiger partial charge on any atom is -0.434 e. The third-order valence-corrected chi connectivity index (χ3v) is 9.19. The van der Waals surface area contributed by atoms with E-state index in [0.29, 0.717) is 11.3 Å². The number of anilines is 1. The van der Waals surface area contributed by atoms with E-state index in [4.69, 9.17) is 10.5 Å². The number of rotatable bonds is 14. The van der Waals surface area contributed by atoms with Gasteiger partial charge in [-0.1, -0.05) is 62.4 Å². The van der Waals surface area contributed by atoms with E-state index in [1.54, 1.807) is 12.1 Å². The first-order valence-corrected chi connectivity index (χ1v) is 15.9. The van der Waals surface area contributed by atoms with E-state index in [-0.39, 0.29) is 49.0 Å². The number of aliphatic hydroxyl groups is 2. The molecule has 1 fully saturated rings. The fourth-order valence-corrected chi connectivity index (χ4v) is 6.62. The quantitative estimate of drug-likeness (QED) is 0.207. The van der Waals surface area contributed by atoms with Crippen LogP contribution in [0.4, 0.5) is 10.5 Å². The Hall–Kier alpha value is -4.30. The summed E-state index contributed by atoms with van der Waals surface area (Å²) in [4.78, 5) is 38.9. The molecule has 0 spiro atoms. The van der Waals surface area contributed by atoms with Crippen LogP contribution in [0.1, 0.15) is 35.3 Å². The van der Waals surface area contributed by atoms with E-state index >= 15 is 0 Å². The van der Waals surface area contributed by atoms with Crippen LogP contribution >= 0.6 is 0 Å². The molecule has 5 N–H and O–H groups in total. The molecule has 3 unspecified atom stereocenters. The lowest BCUT2D eigenvalue weighted by Gasteiger charge is -2.31. The van der Waals surface area contributed by atoms with Gasteiger partial charge in [-0.2, -0.15) is 4.31 Å². The molecule has 3 amide bonds. The maximum atomic E-state index is 13.7. The van der Waals surface area contributed by atoms with Crippen molar-refractivity contribution in [1.82, 2.24) is 9.62 Å². The summed E-state index contributed by atoms with van der Waals surface area (Å²) in [7, 11) is -4.05. The number of nitrogens with two attached hydrogens (primary N) is 1. The number of cyclic esters (lactones) is 1. The van der Waals surface area contributed by atoms with Crippen molar-refractivity contribution in [3.63, 3.8) is 0 Å². The molecule has 3 atom stereocenters. The van der Waals surface area contributed by atoms with Crippen LogP contribution in [0.2, 0.25) is 0 Å². The number of carbonyl (C=O) groups excluding carboxylic acids is 3. The van der Waals surface area contributed by atoms with Crippen molar-refractivity contribution in [3.05, 3.63) is 95.6 Å². The fraction of sp³-hybridized carbons (Fsp3) is 0.344. The fourth-order valence-electron chi connectivity index (χ4n) is 4.99. The van der Waals surface area contributed by atoms with Gasteiger partial charge < -0.3 is 26.0 Å². The maximum absolute atomic E-state index is 13.7. The number of hydrogen-bond acceptors (Lipinski definition) is 8. The first-order valence-electron chi connectivity index (χ1n) is 14.5. The van der Waals surface area contributed by atoms with Crippen molar-refractivity contribution in [1.29, 1.82) is 0 Å². The summed E-state index contributed by atoms with van der Waals surface area (Å²) in [6, 6.07) is 20.0. The Morgan fingerprint density at radius 3 is 2.33 bits per heavy atom. The van der Waals surface area contributed by atoms with Crippen molar-refractivity contribution in [2.75, 3.05) is 24.5 Å². The molecule has 0 aromatic heterocycles. The molecule has 0 bridgehead atoms. The third-order valence-electron chi connectivity index (χ3n) is 7.34. The number of nitrogens with one attached hydrogen (secondary N) is 1. The minimum absolute atomic E-state index is 0.00885. The number of nitrogens with zero attached hydrogens (tertiary/aromatic N) is 2. The zero-order chi connectivity index (χ0) is 32.7. The molecule has 3 aromatic rings. The van der Waals surface area contributed by atoms with Crippen LogP contribution in [0.15, 0.2) is 83.8 Å². The van der Waals surface area contributed by atoms with Crippen molar-refractivity contribution >= 4 is 33.6 Å². The van der Waals surface area contributed by atoms with Gasteiger partial charge in [0.05, 0.1) is 30.2 Å². The summed E-state index contributed by atoms with van der Waals surface area (Å²) >= 11 is 0. The largest absolute Gasteiger partial charge is 0.434 e. The van der Waals surface area contributed by atoms with Gasteiger partial charge >= 0.3 is 6.09 Å². The van der Waals surface area contributed by atoms with Gasteiger partial charge in [0.25, 0.3) is 5.91 Å². The minimum atomic E-state index is -4.05. The molecular formula is C32H38N4O8S. The standard InChI is InChI=1S/C32H38N4O8S/c1-21(2)17-35(45(42,43)26-13-11-23(20-37)12-14-26)18-28(38)27(15-22-7-4-3-5-8-22)34-31(40)29-19-36(32(41)44-29)25-10-6-9-24(16-25)30(33)39/h3-14,16,21,27-29,37-38H,15,17-20H2,1-2H3,(H2,33,39)(H,34,40). The van der Waals surface area contributed by atoms with Crippen LogP contribution in [0.5, 0.6) is 0 Å². The molecule has 12 nitrogen and oxygen atoms in total. The van der Waals surface area contributed by atoms with Gasteiger partial charge in [0.2, 0.25) is 15.9 Å². The number of amides is 3. The van der Waals surface area contributed by atoms with Crippen LogP contribution in [-0.4, -0.2) is 78.7 Å². The summed E-state index contributed by atoms with van der Waals surface area (Å²) in [5.74, 6) is -1.43. The highest BCUT2D eigenvalue weighted by atomic mass is 32.2. The van der Waals surface area contributed by atoms with Gasteiger partial charge in [0.1, 0.15) is 0 Å². The van der Waals surface area contributed by atoms with Gasteiger partial charge in [0, 0.05) is 24.3 Å². The second-order valence-corrected chi connectivity index (χ2v) is 13.2. The number of hydrogen-bond donors (Lipinski definition) is 4. The summed E-state index contributed by atoms with van der Waals surface area (Å²) < 4.78 is 33.8. The number of aliphatic hydroxyl groups excluding tert-OH is 2. The predicted octanol–water partition coefficient (Wildman–Crippen LogP) is 2.04. The van der Waals surface area contributed by atoms with Gasteiger partial charge in [-0.15, -0.1) is 0 Å². The maximum Gasteiger partial charge on any atom is 0.415 e. The van der Waals surface area contributed by atoms with E-state index in [2.05, 4.69) is 5.32 Å². The Kier molecular flexibility index (Phi) is 10.9. The summed E-state index contributed by atoms with van der Waals surface area (Å²) in [5, 5.41) is 23.6. The molecule has 4 rings (SSSR count). The molecule has 1 heterocycles. The molecule has 0 saturated carbocycles. The van der Waals surface area contributed by atoms with E-state index < -0.39 is 46.2 Å². The molecule has 13 heteroatoms. The lowest BCUT2D eigenvalue weighted by atomic mass is 10.0. The van der Waals surface area contributed by atoms with Crippen LogP contribution in [-0.2, 0) is 32.6 Å². The molecule has 3 aromatic carbocycles. The van der Waals surface area contributed by atoms with Gasteiger partial charge in [-0.05, 0) is 53.8 Å². The van der Waals surface area contributed by atoms with E-state index in [1.165, 1.54) is 45.6 Å². The number of primary amides is 1. The number of benzene rings is 3. The van der Waals surface area contributed by atoms with Crippen LogP contribution in [0, 0.1) is 5.92 Å². The average Bonchev–Trinajstić information content (AvgIpc) is 3.42. The highest BCUT2D eigenvalue weighted by Gasteiger charge is 2.39. The molecule has 1 aliphatic rings. The highest BCUT2D eigenvalue weighted by molar-refractivity contribution is 7.89. The monoisotopic (exact) mass is 638 g/mol. The summed E-state index contributed by atoms with van der Waals surface area (Å²) in [5.41, 5.74) is 7.21. The SMILES string of the molecule is CC(C)CN(CC(O)C(Cc1ccccc1)NC(=O)C1CN(c2cccc(C(N)=O)c2)C(=O)O1)S(=O)(=O)c1ccc(CO)cc1. The molecule has 0 aliphatic carbocycles. The number of sulfonamides is 1.